The summed E-state index contributed by atoms with van der Waals surface area (Å²) in [5.41, 5.74) is 1.12. The Morgan fingerprint density at radius 1 is 1.18 bits per heavy atom. The average Bonchev–Trinajstić information content (AvgIpc) is 3.32. The molecule has 1 saturated carbocycles. The third kappa shape index (κ3) is 5.23. The van der Waals surface area contributed by atoms with Crippen LogP contribution >= 0.6 is 35.0 Å². The van der Waals surface area contributed by atoms with Gasteiger partial charge < -0.3 is 20.0 Å². The number of carbonyl (C=O) groups excluding carboxylic acids is 2. The number of rotatable bonds is 5. The number of piperazine rings is 1. The van der Waals surface area contributed by atoms with Gasteiger partial charge in [-0.25, -0.2) is 18.8 Å². The van der Waals surface area contributed by atoms with Gasteiger partial charge in [-0.3, -0.25) is 9.59 Å². The third-order valence-corrected chi connectivity index (χ3v) is 11.2. The zero-order valence-electron chi connectivity index (χ0n) is 25.2. The van der Waals surface area contributed by atoms with Gasteiger partial charge in [-0.05, 0) is 61.2 Å². The van der Waals surface area contributed by atoms with Crippen LogP contribution < -0.4 is 5.32 Å². The quantitative estimate of drug-likeness (QED) is 0.412. The maximum Gasteiger partial charge on any atom is 0.263 e. The molecule has 4 aliphatic heterocycles. The van der Waals surface area contributed by atoms with Crippen molar-refractivity contribution in [3.8, 4) is 0 Å². The molecule has 45 heavy (non-hydrogen) atoms. The van der Waals surface area contributed by atoms with Gasteiger partial charge in [0.15, 0.2) is 5.17 Å². The minimum atomic E-state index is -1.29. The summed E-state index contributed by atoms with van der Waals surface area (Å²) in [5, 5.41) is 4.40. The van der Waals surface area contributed by atoms with Gasteiger partial charge in [0.2, 0.25) is 5.91 Å². The molecule has 2 amide bonds. The van der Waals surface area contributed by atoms with E-state index >= 15 is 4.39 Å². The van der Waals surface area contributed by atoms with E-state index in [4.69, 9.17) is 28.2 Å². The summed E-state index contributed by atoms with van der Waals surface area (Å²) in [6.07, 6.45) is 2.37. The number of aromatic nitrogens is 1. The summed E-state index contributed by atoms with van der Waals surface area (Å²) in [7, 11) is 0. The Kier molecular flexibility index (Phi) is 7.70. The summed E-state index contributed by atoms with van der Waals surface area (Å²) in [4.78, 5) is 43.2. The van der Waals surface area contributed by atoms with Gasteiger partial charge >= 0.3 is 0 Å². The van der Waals surface area contributed by atoms with Crippen LogP contribution in [0.15, 0.2) is 52.1 Å². The summed E-state index contributed by atoms with van der Waals surface area (Å²) in [6, 6.07) is 6.79. The van der Waals surface area contributed by atoms with E-state index in [9.17, 15) is 14.0 Å². The summed E-state index contributed by atoms with van der Waals surface area (Å²) in [6.45, 7) is 7.56. The molecule has 1 aromatic carbocycles. The predicted octanol–water partition coefficient (Wildman–Crippen LogP) is 5.67. The minimum absolute atomic E-state index is 0.00153. The number of amidine groups is 1. The van der Waals surface area contributed by atoms with Crippen LogP contribution in [0.25, 0.3) is 0 Å². The number of hydrogen-bond donors (Lipinski definition) is 1. The number of aliphatic imine (C=N–C) groups is 1. The van der Waals surface area contributed by atoms with Crippen molar-refractivity contribution in [2.75, 3.05) is 26.2 Å². The molecule has 2 saturated heterocycles. The molecule has 0 unspecified atom stereocenters. The Morgan fingerprint density at radius 3 is 2.62 bits per heavy atom. The van der Waals surface area contributed by atoms with Crippen molar-refractivity contribution in [1.82, 2.24) is 25.0 Å². The molecule has 3 fully saturated rings. The molecule has 2 aromatic rings. The Balaban J connectivity index is 1.26. The van der Waals surface area contributed by atoms with Crippen LogP contribution in [0.5, 0.6) is 0 Å². The lowest BCUT2D eigenvalue weighted by molar-refractivity contribution is -0.142. The number of likely N-dealkylation sites (tertiary alicyclic amines) is 1. The molecular weight excluding hydrogens is 641 g/mol. The Labute approximate surface area is 275 Å². The van der Waals surface area contributed by atoms with Crippen LogP contribution in [0.2, 0.25) is 10.2 Å². The average molecular weight is 676 g/mol. The summed E-state index contributed by atoms with van der Waals surface area (Å²) >= 11 is 13.4. The van der Waals surface area contributed by atoms with Crippen molar-refractivity contribution >= 4 is 51.9 Å². The van der Waals surface area contributed by atoms with E-state index in [-0.39, 0.29) is 41.3 Å². The lowest BCUT2D eigenvalue weighted by Crippen LogP contribution is -2.58. The number of pyridine rings is 1. The highest BCUT2D eigenvalue weighted by molar-refractivity contribution is 8.18. The highest BCUT2D eigenvalue weighted by atomic mass is 35.5. The second kappa shape index (κ2) is 11.2. The molecule has 238 valence electrons. The molecule has 1 aromatic heterocycles. The van der Waals surface area contributed by atoms with Gasteiger partial charge in [0.25, 0.3) is 5.91 Å². The lowest BCUT2D eigenvalue weighted by Gasteiger charge is -2.38. The van der Waals surface area contributed by atoms with Crippen LogP contribution in [-0.4, -0.2) is 80.6 Å². The maximum atomic E-state index is 15.0. The van der Waals surface area contributed by atoms with Crippen molar-refractivity contribution in [2.45, 2.75) is 69.4 Å². The van der Waals surface area contributed by atoms with E-state index in [1.165, 1.54) is 28.8 Å². The molecule has 5 heterocycles. The van der Waals surface area contributed by atoms with E-state index in [1.54, 1.807) is 23.2 Å². The van der Waals surface area contributed by atoms with E-state index in [0.717, 1.165) is 18.4 Å². The molecule has 7 rings (SSSR count). The van der Waals surface area contributed by atoms with Gasteiger partial charge in [0.05, 0.1) is 17.6 Å². The van der Waals surface area contributed by atoms with Gasteiger partial charge in [0.1, 0.15) is 33.6 Å². The second-order valence-corrected chi connectivity index (χ2v) is 14.9. The van der Waals surface area contributed by atoms with Crippen LogP contribution in [0.4, 0.5) is 8.78 Å². The molecular formula is C32H34Cl2F2N6O2S. The lowest BCUT2D eigenvalue weighted by atomic mass is 9.81. The first-order valence-electron chi connectivity index (χ1n) is 15.3. The molecule has 13 heteroatoms. The number of thioether (sulfide) groups is 1. The van der Waals surface area contributed by atoms with Crippen LogP contribution in [0.3, 0.4) is 0 Å². The van der Waals surface area contributed by atoms with Crippen LogP contribution in [0, 0.1) is 11.7 Å². The van der Waals surface area contributed by atoms with E-state index in [1.807, 2.05) is 31.7 Å². The van der Waals surface area contributed by atoms with E-state index in [2.05, 4.69) is 10.3 Å². The summed E-state index contributed by atoms with van der Waals surface area (Å²) in [5.74, 6) is -1.30. The Bertz CT molecular complexity index is 1630. The van der Waals surface area contributed by atoms with Crippen molar-refractivity contribution in [3.63, 3.8) is 0 Å². The third-order valence-electron chi connectivity index (χ3n) is 9.66. The number of allylic oxidation sites excluding steroid dienone is 1. The molecule has 1 spiro atoms. The summed E-state index contributed by atoms with van der Waals surface area (Å²) < 4.78 is 30.0. The van der Waals surface area contributed by atoms with Crippen LogP contribution in [-0.2, 0) is 15.1 Å². The largest absolute Gasteiger partial charge is 0.338 e. The SMILES string of the molecule is CC(C)C1=C(C(=O)N2C[C@H](F)C[C@@H]2C(=O)N2CCNC3(CC3)C2)SC2=N[C@@](C)(c3ccc(Cl)nc3)[C@@H](c3ccc(Cl)c(F)c3)N21. The first-order chi connectivity index (χ1) is 21.4. The molecule has 5 aliphatic rings. The number of nitrogens with one attached hydrogen (secondary N) is 1. The smallest absolute Gasteiger partial charge is 0.263 e. The number of hydrogen-bond acceptors (Lipinski definition) is 7. The van der Waals surface area contributed by atoms with E-state index in [0.29, 0.717) is 46.1 Å². The van der Waals surface area contributed by atoms with Gasteiger partial charge in [0, 0.05) is 49.1 Å². The number of carbonyl (C=O) groups is 2. The van der Waals surface area contributed by atoms with Crippen molar-refractivity contribution in [1.29, 1.82) is 0 Å². The standard InChI is InChI=1S/C32H34Cl2F2N6O2S/c1-17(2)25-26(29(44)41-15-20(35)13-23(41)28(43)40-11-10-38-32(16-40)8-9-32)45-30-39-31(3,19-5-7-24(34)37-14-19)27(42(25)30)18-4-6-21(33)22(36)12-18/h4-7,12,14,17,20,23,27,38H,8-11,13,15-16H2,1-3H3/t20-,23-,27-,31+/m1/s1. The maximum absolute atomic E-state index is 15.0. The van der Waals surface area contributed by atoms with Gasteiger partial charge in [-0.2, -0.15) is 0 Å². The van der Waals surface area contributed by atoms with Crippen LogP contribution in [0.1, 0.15) is 57.2 Å². The van der Waals surface area contributed by atoms with Crippen molar-refractivity contribution < 1.29 is 18.4 Å². The second-order valence-electron chi connectivity index (χ2n) is 13.1. The Morgan fingerprint density at radius 2 is 1.96 bits per heavy atom. The molecule has 1 aliphatic carbocycles. The first kappa shape index (κ1) is 30.9. The zero-order chi connectivity index (χ0) is 31.8. The first-order valence-corrected chi connectivity index (χ1v) is 16.8. The highest BCUT2D eigenvalue weighted by Crippen LogP contribution is 2.56. The molecule has 0 bridgehead atoms. The number of nitrogens with zero attached hydrogens (tertiary/aromatic N) is 5. The fourth-order valence-electron chi connectivity index (χ4n) is 7.20. The fourth-order valence-corrected chi connectivity index (χ4v) is 8.80. The molecule has 4 atom stereocenters. The predicted molar refractivity (Wildman–Crippen MR) is 171 cm³/mol. The fraction of sp³-hybridized carbons (Fsp3) is 0.500. The van der Waals surface area contributed by atoms with Gasteiger partial charge in [-0.15, -0.1) is 0 Å². The van der Waals surface area contributed by atoms with Crippen molar-refractivity contribution in [3.05, 3.63) is 74.3 Å². The molecule has 0 radical (unpaired) electrons. The number of alkyl halides is 1. The van der Waals surface area contributed by atoms with Crippen molar-refractivity contribution in [2.24, 2.45) is 10.9 Å². The number of halogens is 4. The Hall–Kier alpha value is -2.73. The number of amides is 2. The minimum Gasteiger partial charge on any atom is -0.338 e. The molecule has 1 N–H and O–H groups in total. The topological polar surface area (TPSA) is 81.1 Å². The monoisotopic (exact) mass is 674 g/mol. The zero-order valence-corrected chi connectivity index (χ0v) is 27.5. The normalized spacial score (nSPS) is 28.8. The number of benzene rings is 1. The van der Waals surface area contributed by atoms with E-state index < -0.39 is 29.6 Å². The number of fused-ring (bicyclic) bond motifs is 1. The van der Waals surface area contributed by atoms with Gasteiger partial charge in [-0.1, -0.05) is 49.2 Å². The molecule has 8 nitrogen and oxygen atoms in total. The highest BCUT2D eigenvalue weighted by Gasteiger charge is 2.55.